The maximum atomic E-state index is 13.0. The lowest BCUT2D eigenvalue weighted by molar-refractivity contribution is 0.626. The average molecular weight is 238 g/mol. The van der Waals surface area contributed by atoms with Crippen molar-refractivity contribution in [2.24, 2.45) is 7.05 Å². The molecule has 1 aromatic heterocycles. The molecule has 6 heteroatoms. The second kappa shape index (κ2) is 4.52. The number of nitrogens with two attached hydrogens (primary N) is 1. The minimum atomic E-state index is -0.275. The van der Waals surface area contributed by atoms with Crippen molar-refractivity contribution in [3.8, 4) is 0 Å². The van der Waals surface area contributed by atoms with Crippen LogP contribution in [0.5, 0.6) is 0 Å². The molecule has 0 spiro atoms. The number of hydrogen-bond acceptors (Lipinski definition) is 4. The van der Waals surface area contributed by atoms with Crippen molar-refractivity contribution in [2.45, 2.75) is 10.9 Å². The number of benzene rings is 1. The van der Waals surface area contributed by atoms with Crippen molar-refractivity contribution in [2.75, 3.05) is 5.73 Å². The van der Waals surface area contributed by atoms with E-state index in [2.05, 4.69) is 10.1 Å². The molecule has 2 aromatic rings. The molecule has 16 heavy (non-hydrogen) atoms. The van der Waals surface area contributed by atoms with Gasteiger partial charge in [-0.15, -0.1) is 0 Å². The fraction of sp³-hybridized carbons (Fsp3) is 0.200. The highest BCUT2D eigenvalue weighted by Crippen LogP contribution is 2.23. The van der Waals surface area contributed by atoms with Gasteiger partial charge in [0.25, 0.3) is 0 Å². The molecule has 0 saturated heterocycles. The summed E-state index contributed by atoms with van der Waals surface area (Å²) in [4.78, 5) is 4.06. The highest BCUT2D eigenvalue weighted by atomic mass is 32.2. The minimum Gasteiger partial charge on any atom is -0.398 e. The normalized spacial score (nSPS) is 10.6. The van der Waals surface area contributed by atoms with E-state index in [9.17, 15) is 4.39 Å². The van der Waals surface area contributed by atoms with Gasteiger partial charge in [0, 0.05) is 18.5 Å². The summed E-state index contributed by atoms with van der Waals surface area (Å²) < 4.78 is 14.7. The molecule has 0 unspecified atom stereocenters. The van der Waals surface area contributed by atoms with Crippen LogP contribution < -0.4 is 5.73 Å². The predicted octanol–water partition coefficient (Wildman–Crippen LogP) is 1.83. The van der Waals surface area contributed by atoms with Crippen molar-refractivity contribution in [1.82, 2.24) is 14.8 Å². The first-order chi connectivity index (χ1) is 7.66. The molecule has 1 aromatic carbocycles. The molecule has 0 aliphatic rings. The lowest BCUT2D eigenvalue weighted by Crippen LogP contribution is -1.96. The fourth-order valence-electron chi connectivity index (χ4n) is 1.26. The van der Waals surface area contributed by atoms with Gasteiger partial charge in [0.1, 0.15) is 12.1 Å². The highest BCUT2D eigenvalue weighted by molar-refractivity contribution is 7.98. The molecule has 0 bridgehead atoms. The van der Waals surface area contributed by atoms with E-state index >= 15 is 0 Å². The smallest absolute Gasteiger partial charge is 0.186 e. The summed E-state index contributed by atoms with van der Waals surface area (Å²) in [6.07, 6.45) is 1.48. The molecule has 0 amide bonds. The Morgan fingerprint density at radius 1 is 1.50 bits per heavy atom. The van der Waals surface area contributed by atoms with E-state index < -0.39 is 0 Å². The second-order valence-corrected chi connectivity index (χ2v) is 4.24. The van der Waals surface area contributed by atoms with Crippen LogP contribution in [-0.2, 0) is 12.8 Å². The zero-order chi connectivity index (χ0) is 11.5. The van der Waals surface area contributed by atoms with Crippen LogP contribution in [0.2, 0.25) is 0 Å². The number of aromatic nitrogens is 3. The Morgan fingerprint density at radius 2 is 2.31 bits per heavy atom. The number of halogens is 1. The van der Waals surface area contributed by atoms with Crippen LogP contribution in [0.4, 0.5) is 10.1 Å². The van der Waals surface area contributed by atoms with E-state index in [-0.39, 0.29) is 5.82 Å². The van der Waals surface area contributed by atoms with Gasteiger partial charge in [-0.05, 0) is 23.8 Å². The first-order valence-corrected chi connectivity index (χ1v) is 5.66. The second-order valence-electron chi connectivity index (χ2n) is 3.30. The molecule has 0 fully saturated rings. The molecule has 0 aliphatic heterocycles. The van der Waals surface area contributed by atoms with Gasteiger partial charge >= 0.3 is 0 Å². The molecule has 2 rings (SSSR count). The molecule has 84 valence electrons. The summed E-state index contributed by atoms with van der Waals surface area (Å²) in [5.41, 5.74) is 7.11. The summed E-state index contributed by atoms with van der Waals surface area (Å²) in [5.74, 6) is 0.304. The Balaban J connectivity index is 2.10. The van der Waals surface area contributed by atoms with Gasteiger partial charge in [0.2, 0.25) is 0 Å². The van der Waals surface area contributed by atoms with Gasteiger partial charge in [-0.25, -0.2) is 14.1 Å². The first kappa shape index (κ1) is 10.9. The lowest BCUT2D eigenvalue weighted by Gasteiger charge is -2.04. The molecule has 0 atom stereocenters. The fourth-order valence-corrected chi connectivity index (χ4v) is 2.15. The molecular formula is C10H11FN4S. The maximum Gasteiger partial charge on any atom is 0.186 e. The maximum absolute atomic E-state index is 13.0. The lowest BCUT2D eigenvalue weighted by atomic mass is 10.2. The van der Waals surface area contributed by atoms with Gasteiger partial charge in [0.15, 0.2) is 5.16 Å². The molecule has 2 N–H and O–H groups in total. The standard InChI is InChI=1S/C10H11FN4S/c1-15-10(13-6-14-15)16-5-7-4-8(11)2-3-9(7)12/h2-4,6H,5,12H2,1H3. The van der Waals surface area contributed by atoms with Crippen molar-refractivity contribution in [3.63, 3.8) is 0 Å². The van der Waals surface area contributed by atoms with Crippen molar-refractivity contribution < 1.29 is 4.39 Å². The molecule has 0 aliphatic carbocycles. The molecular weight excluding hydrogens is 227 g/mol. The van der Waals surface area contributed by atoms with Crippen molar-refractivity contribution >= 4 is 17.4 Å². The quantitative estimate of drug-likeness (QED) is 0.654. The molecule has 0 radical (unpaired) electrons. The zero-order valence-corrected chi connectivity index (χ0v) is 9.54. The van der Waals surface area contributed by atoms with E-state index in [1.807, 2.05) is 7.05 Å². The number of nitrogen functional groups attached to an aromatic ring is 1. The molecule has 0 saturated carbocycles. The van der Waals surface area contributed by atoms with E-state index in [0.717, 1.165) is 10.7 Å². The zero-order valence-electron chi connectivity index (χ0n) is 8.72. The topological polar surface area (TPSA) is 56.7 Å². The van der Waals surface area contributed by atoms with Gasteiger partial charge in [0.05, 0.1) is 0 Å². The number of anilines is 1. The van der Waals surface area contributed by atoms with Gasteiger partial charge in [-0.3, -0.25) is 0 Å². The van der Waals surface area contributed by atoms with Crippen LogP contribution in [0.25, 0.3) is 0 Å². The van der Waals surface area contributed by atoms with Crippen LogP contribution >= 0.6 is 11.8 Å². The van der Waals surface area contributed by atoms with E-state index in [1.165, 1.54) is 30.2 Å². The third kappa shape index (κ3) is 2.33. The number of hydrogen-bond donors (Lipinski definition) is 1. The Bertz CT molecular complexity index is 497. The third-order valence-corrected chi connectivity index (χ3v) is 3.21. The number of rotatable bonds is 3. The average Bonchev–Trinajstić information content (AvgIpc) is 2.66. The van der Waals surface area contributed by atoms with Gasteiger partial charge in [-0.2, -0.15) is 5.10 Å². The predicted molar refractivity (Wildman–Crippen MR) is 61.4 cm³/mol. The van der Waals surface area contributed by atoms with Crippen molar-refractivity contribution in [1.29, 1.82) is 0 Å². The monoisotopic (exact) mass is 238 g/mol. The van der Waals surface area contributed by atoms with Crippen LogP contribution in [0.1, 0.15) is 5.56 Å². The van der Waals surface area contributed by atoms with E-state index in [4.69, 9.17) is 5.73 Å². The summed E-state index contributed by atoms with van der Waals surface area (Å²) in [6.45, 7) is 0. The Labute approximate surface area is 96.7 Å². The minimum absolute atomic E-state index is 0.275. The molecule has 4 nitrogen and oxygen atoms in total. The van der Waals surface area contributed by atoms with E-state index in [1.54, 1.807) is 10.7 Å². The van der Waals surface area contributed by atoms with Crippen LogP contribution in [-0.4, -0.2) is 14.8 Å². The number of thioether (sulfide) groups is 1. The molecule has 1 heterocycles. The summed E-state index contributed by atoms with van der Waals surface area (Å²) >= 11 is 1.47. The summed E-state index contributed by atoms with van der Waals surface area (Å²) in [6, 6.07) is 4.37. The third-order valence-electron chi connectivity index (χ3n) is 2.13. The van der Waals surface area contributed by atoms with Crippen molar-refractivity contribution in [3.05, 3.63) is 35.9 Å². The Kier molecular flexibility index (Phi) is 3.09. The summed E-state index contributed by atoms with van der Waals surface area (Å²) in [7, 11) is 1.81. The largest absolute Gasteiger partial charge is 0.398 e. The Hall–Kier alpha value is -1.56. The number of nitrogens with zero attached hydrogens (tertiary/aromatic N) is 3. The van der Waals surface area contributed by atoms with Crippen LogP contribution in [0.3, 0.4) is 0 Å². The van der Waals surface area contributed by atoms with Crippen LogP contribution in [0.15, 0.2) is 29.7 Å². The van der Waals surface area contributed by atoms with Gasteiger partial charge < -0.3 is 5.73 Å². The van der Waals surface area contributed by atoms with Gasteiger partial charge in [-0.1, -0.05) is 11.8 Å². The van der Waals surface area contributed by atoms with Crippen LogP contribution in [0, 0.1) is 5.82 Å². The van der Waals surface area contributed by atoms with E-state index in [0.29, 0.717) is 11.4 Å². The SMILES string of the molecule is Cn1ncnc1SCc1cc(F)ccc1N. The number of aryl methyl sites for hydroxylation is 1. The Morgan fingerprint density at radius 3 is 3.00 bits per heavy atom. The first-order valence-electron chi connectivity index (χ1n) is 4.67. The highest BCUT2D eigenvalue weighted by Gasteiger charge is 2.05. The summed E-state index contributed by atoms with van der Waals surface area (Å²) in [5, 5.41) is 4.73.